The highest BCUT2D eigenvalue weighted by Crippen LogP contribution is 2.25. The first-order chi connectivity index (χ1) is 11.0. The van der Waals surface area contributed by atoms with Gasteiger partial charge in [-0.05, 0) is 19.1 Å². The predicted octanol–water partition coefficient (Wildman–Crippen LogP) is 4.65. The molecule has 0 fully saturated rings. The van der Waals surface area contributed by atoms with Gasteiger partial charge < -0.3 is 0 Å². The Morgan fingerprint density at radius 3 is 2.57 bits per heavy atom. The van der Waals surface area contributed by atoms with Crippen LogP contribution < -0.4 is 5.32 Å². The Morgan fingerprint density at radius 2 is 1.87 bits per heavy atom. The van der Waals surface area contributed by atoms with Crippen LogP contribution in [0.5, 0.6) is 0 Å². The van der Waals surface area contributed by atoms with Gasteiger partial charge >= 0.3 is 0 Å². The Kier molecular flexibility index (Phi) is 4.16. The fourth-order valence-electron chi connectivity index (χ4n) is 2.03. The van der Waals surface area contributed by atoms with Crippen molar-refractivity contribution in [3.05, 3.63) is 70.6 Å². The number of rotatable bonds is 3. The second kappa shape index (κ2) is 6.26. The first kappa shape index (κ1) is 15.3. The van der Waals surface area contributed by atoms with E-state index in [9.17, 15) is 13.6 Å². The van der Waals surface area contributed by atoms with Crippen LogP contribution in [-0.4, -0.2) is 10.9 Å². The predicted molar refractivity (Wildman–Crippen MR) is 86.6 cm³/mol. The van der Waals surface area contributed by atoms with Crippen LogP contribution in [0.25, 0.3) is 11.3 Å². The molecule has 0 unspecified atom stereocenters. The number of carbonyl (C=O) groups excluding carboxylic acids is 1. The van der Waals surface area contributed by atoms with Crippen molar-refractivity contribution in [3.63, 3.8) is 0 Å². The fourth-order valence-corrected chi connectivity index (χ4v) is 2.74. The van der Waals surface area contributed by atoms with Crippen LogP contribution >= 0.6 is 11.3 Å². The van der Waals surface area contributed by atoms with E-state index in [1.807, 2.05) is 31.2 Å². The van der Waals surface area contributed by atoms with E-state index in [1.54, 1.807) is 5.38 Å². The first-order valence-corrected chi connectivity index (χ1v) is 7.70. The molecule has 3 aromatic rings. The number of thiazole rings is 1. The fraction of sp³-hybridized carbons (Fsp3) is 0.0588. The minimum atomic E-state index is -0.905. The number of hydrogen-bond donors (Lipinski definition) is 1. The summed E-state index contributed by atoms with van der Waals surface area (Å²) in [6.45, 7) is 1.99. The second-order valence-electron chi connectivity index (χ2n) is 4.98. The largest absolute Gasteiger partial charge is 0.298 e. The van der Waals surface area contributed by atoms with E-state index < -0.39 is 17.5 Å². The van der Waals surface area contributed by atoms with Crippen molar-refractivity contribution in [1.82, 2.24) is 4.98 Å². The summed E-state index contributed by atoms with van der Waals surface area (Å²) in [5, 5.41) is 4.69. The third-order valence-electron chi connectivity index (χ3n) is 3.25. The molecule has 116 valence electrons. The van der Waals surface area contributed by atoms with Crippen molar-refractivity contribution < 1.29 is 13.6 Å². The van der Waals surface area contributed by atoms with Gasteiger partial charge in [-0.3, -0.25) is 10.1 Å². The van der Waals surface area contributed by atoms with Gasteiger partial charge in [0, 0.05) is 17.0 Å². The van der Waals surface area contributed by atoms with Gasteiger partial charge in [0.15, 0.2) is 5.13 Å². The van der Waals surface area contributed by atoms with Gasteiger partial charge in [-0.25, -0.2) is 13.8 Å². The molecule has 0 aliphatic carbocycles. The third-order valence-corrected chi connectivity index (χ3v) is 4.01. The average molecular weight is 330 g/mol. The molecular formula is C17H12F2N2OS. The number of nitrogens with one attached hydrogen (secondary N) is 1. The molecule has 1 aromatic heterocycles. The minimum absolute atomic E-state index is 0.224. The van der Waals surface area contributed by atoms with Gasteiger partial charge in [-0.1, -0.05) is 29.8 Å². The van der Waals surface area contributed by atoms with Crippen LogP contribution in [0.3, 0.4) is 0 Å². The zero-order chi connectivity index (χ0) is 16.4. The molecule has 23 heavy (non-hydrogen) atoms. The lowest BCUT2D eigenvalue weighted by Gasteiger charge is -2.03. The Labute approximate surface area is 135 Å². The smallest absolute Gasteiger partial charge is 0.260 e. The van der Waals surface area contributed by atoms with Gasteiger partial charge in [0.25, 0.3) is 5.91 Å². The lowest BCUT2D eigenvalue weighted by molar-refractivity contribution is 0.102. The van der Waals surface area contributed by atoms with E-state index in [-0.39, 0.29) is 5.56 Å². The number of amides is 1. The summed E-state index contributed by atoms with van der Waals surface area (Å²) in [6, 6.07) is 10.6. The highest BCUT2D eigenvalue weighted by molar-refractivity contribution is 7.14. The van der Waals surface area contributed by atoms with Crippen molar-refractivity contribution >= 4 is 22.4 Å². The molecule has 2 aromatic carbocycles. The second-order valence-corrected chi connectivity index (χ2v) is 5.84. The number of benzene rings is 2. The third kappa shape index (κ3) is 3.43. The van der Waals surface area contributed by atoms with Gasteiger partial charge in [0.1, 0.15) is 11.6 Å². The highest BCUT2D eigenvalue weighted by Gasteiger charge is 2.14. The van der Waals surface area contributed by atoms with Crippen LogP contribution in [0.2, 0.25) is 0 Å². The van der Waals surface area contributed by atoms with E-state index >= 15 is 0 Å². The Hall–Kier alpha value is -2.60. The van der Waals surface area contributed by atoms with E-state index in [4.69, 9.17) is 0 Å². The van der Waals surface area contributed by atoms with E-state index in [0.29, 0.717) is 11.2 Å². The molecule has 3 rings (SSSR count). The van der Waals surface area contributed by atoms with Gasteiger partial charge in [0.2, 0.25) is 0 Å². The zero-order valence-electron chi connectivity index (χ0n) is 12.1. The van der Waals surface area contributed by atoms with Crippen molar-refractivity contribution in [2.75, 3.05) is 5.32 Å². The molecular weight excluding hydrogens is 318 g/mol. The number of anilines is 1. The molecule has 0 spiro atoms. The molecule has 0 radical (unpaired) electrons. The summed E-state index contributed by atoms with van der Waals surface area (Å²) in [5.41, 5.74) is 2.58. The van der Waals surface area contributed by atoms with E-state index in [0.717, 1.165) is 29.0 Å². The van der Waals surface area contributed by atoms with Gasteiger partial charge in [-0.2, -0.15) is 0 Å². The molecule has 0 bridgehead atoms. The van der Waals surface area contributed by atoms with Gasteiger partial charge in [-0.15, -0.1) is 11.3 Å². The topological polar surface area (TPSA) is 42.0 Å². The zero-order valence-corrected chi connectivity index (χ0v) is 13.0. The molecule has 0 saturated carbocycles. The normalized spacial score (nSPS) is 10.6. The average Bonchev–Trinajstić information content (AvgIpc) is 2.96. The molecule has 0 atom stereocenters. The SMILES string of the molecule is Cc1ccc(-c2csc(NC(=O)c3ccc(F)cc3F)n2)cc1. The number of aryl methyl sites for hydroxylation is 1. The number of halogens is 2. The molecule has 3 nitrogen and oxygen atoms in total. The van der Waals surface area contributed by atoms with Crippen LogP contribution in [0.15, 0.2) is 47.8 Å². The molecule has 0 aliphatic heterocycles. The maximum atomic E-state index is 13.6. The highest BCUT2D eigenvalue weighted by atomic mass is 32.1. The number of aromatic nitrogens is 1. The summed E-state index contributed by atoms with van der Waals surface area (Å²) in [7, 11) is 0. The van der Waals surface area contributed by atoms with Crippen molar-refractivity contribution in [3.8, 4) is 11.3 Å². The lowest BCUT2D eigenvalue weighted by atomic mass is 10.1. The molecule has 1 heterocycles. The van der Waals surface area contributed by atoms with Crippen molar-refractivity contribution in [2.45, 2.75) is 6.92 Å². The Bertz CT molecular complexity index is 859. The van der Waals surface area contributed by atoms with E-state index in [2.05, 4.69) is 10.3 Å². The standard InChI is InChI=1S/C17H12F2N2OS/c1-10-2-4-11(5-3-10)15-9-23-17(20-15)21-16(22)13-7-6-12(18)8-14(13)19/h2-9H,1H3,(H,20,21,22). The number of carbonyl (C=O) groups is 1. The lowest BCUT2D eigenvalue weighted by Crippen LogP contribution is -2.13. The van der Waals surface area contributed by atoms with Crippen molar-refractivity contribution in [1.29, 1.82) is 0 Å². The van der Waals surface area contributed by atoms with E-state index in [1.165, 1.54) is 11.3 Å². The van der Waals surface area contributed by atoms with Gasteiger partial charge in [0.05, 0.1) is 11.3 Å². The summed E-state index contributed by atoms with van der Waals surface area (Å²) >= 11 is 1.24. The van der Waals surface area contributed by atoms with Crippen LogP contribution in [0.4, 0.5) is 13.9 Å². The summed E-state index contributed by atoms with van der Waals surface area (Å²) in [6.07, 6.45) is 0. The maximum Gasteiger partial charge on any atom is 0.260 e. The number of nitrogens with zero attached hydrogens (tertiary/aromatic N) is 1. The Balaban J connectivity index is 1.78. The van der Waals surface area contributed by atoms with Crippen molar-refractivity contribution in [2.24, 2.45) is 0 Å². The molecule has 1 amide bonds. The Morgan fingerprint density at radius 1 is 1.13 bits per heavy atom. The monoisotopic (exact) mass is 330 g/mol. The first-order valence-electron chi connectivity index (χ1n) is 6.82. The minimum Gasteiger partial charge on any atom is -0.298 e. The van der Waals surface area contributed by atoms with Crippen LogP contribution in [-0.2, 0) is 0 Å². The van der Waals surface area contributed by atoms with Crippen LogP contribution in [0, 0.1) is 18.6 Å². The molecule has 1 N–H and O–H groups in total. The molecule has 6 heteroatoms. The summed E-state index contributed by atoms with van der Waals surface area (Å²) in [4.78, 5) is 16.3. The maximum absolute atomic E-state index is 13.6. The molecule has 0 aliphatic rings. The quantitative estimate of drug-likeness (QED) is 0.759. The van der Waals surface area contributed by atoms with Crippen LogP contribution in [0.1, 0.15) is 15.9 Å². The summed E-state index contributed by atoms with van der Waals surface area (Å²) in [5.74, 6) is -2.29. The molecule has 0 saturated heterocycles. The summed E-state index contributed by atoms with van der Waals surface area (Å²) < 4.78 is 26.5. The number of hydrogen-bond acceptors (Lipinski definition) is 3.